The first-order valence-corrected chi connectivity index (χ1v) is 12.2. The number of carbonyl (C=O) groups is 1. The Labute approximate surface area is 184 Å². The van der Waals surface area contributed by atoms with Crippen molar-refractivity contribution in [3.8, 4) is 0 Å². The van der Waals surface area contributed by atoms with Crippen LogP contribution in [0.1, 0.15) is 26.7 Å². The van der Waals surface area contributed by atoms with Crippen LogP contribution in [0.15, 0.2) is 53.6 Å². The summed E-state index contributed by atoms with van der Waals surface area (Å²) in [5.41, 5.74) is 0.795. The van der Waals surface area contributed by atoms with Crippen molar-refractivity contribution >= 4 is 27.4 Å². The molecule has 168 valence electrons. The molecule has 1 saturated heterocycles. The van der Waals surface area contributed by atoms with Gasteiger partial charge in [-0.05, 0) is 37.1 Å². The average Bonchev–Trinajstić information content (AvgIpc) is 2.78. The third kappa shape index (κ3) is 6.49. The number of para-hydroxylation sites is 1. The fourth-order valence-electron chi connectivity index (χ4n) is 3.52. The lowest BCUT2D eigenvalue weighted by Crippen LogP contribution is -2.49. The van der Waals surface area contributed by atoms with Crippen LogP contribution in [0.25, 0.3) is 0 Å². The van der Waals surface area contributed by atoms with Gasteiger partial charge in [0.15, 0.2) is 0 Å². The van der Waals surface area contributed by atoms with Gasteiger partial charge >= 0.3 is 0 Å². The molecule has 0 atom stereocenters. The molecule has 8 nitrogen and oxygen atoms in total. The van der Waals surface area contributed by atoms with Crippen molar-refractivity contribution in [2.75, 3.05) is 42.9 Å². The molecule has 9 heteroatoms. The summed E-state index contributed by atoms with van der Waals surface area (Å²) in [6.07, 6.45) is 2.91. The molecule has 0 bridgehead atoms. The van der Waals surface area contributed by atoms with Gasteiger partial charge in [0.25, 0.3) is 0 Å². The number of piperazine rings is 1. The van der Waals surface area contributed by atoms with E-state index in [0.29, 0.717) is 6.54 Å². The van der Waals surface area contributed by atoms with Crippen LogP contribution in [0.3, 0.4) is 0 Å². The quantitative estimate of drug-likeness (QED) is 0.615. The van der Waals surface area contributed by atoms with E-state index in [1.54, 1.807) is 12.1 Å². The summed E-state index contributed by atoms with van der Waals surface area (Å²) in [6, 6.07) is 12.7. The van der Waals surface area contributed by atoms with Crippen LogP contribution in [0.4, 0.5) is 11.5 Å². The number of hydrogen-bond donors (Lipinski definition) is 2. The molecular formula is C22H31N5O3S. The smallest absolute Gasteiger partial charge is 0.242 e. The Balaban J connectivity index is 1.51. The number of rotatable bonds is 9. The predicted molar refractivity (Wildman–Crippen MR) is 123 cm³/mol. The van der Waals surface area contributed by atoms with Gasteiger partial charge in [0.2, 0.25) is 15.9 Å². The van der Waals surface area contributed by atoms with Crippen LogP contribution in [-0.4, -0.2) is 63.0 Å². The van der Waals surface area contributed by atoms with Crippen molar-refractivity contribution in [1.82, 2.24) is 14.6 Å². The number of aromatic nitrogens is 1. The Kier molecular flexibility index (Phi) is 8.00. The molecule has 0 unspecified atom stereocenters. The minimum absolute atomic E-state index is 0.0303. The fourth-order valence-corrected chi connectivity index (χ4v) is 4.87. The summed E-state index contributed by atoms with van der Waals surface area (Å²) in [6.45, 7) is 7.19. The van der Waals surface area contributed by atoms with Crippen LogP contribution in [0.5, 0.6) is 0 Å². The first kappa shape index (κ1) is 23.2. The van der Waals surface area contributed by atoms with E-state index in [2.05, 4.69) is 24.8 Å². The van der Waals surface area contributed by atoms with Gasteiger partial charge in [-0.25, -0.2) is 18.1 Å². The minimum Gasteiger partial charge on any atom is -0.354 e. The highest BCUT2D eigenvalue weighted by atomic mass is 32.2. The second-order valence-electron chi connectivity index (χ2n) is 7.66. The van der Waals surface area contributed by atoms with Crippen LogP contribution in [0, 0.1) is 0 Å². The molecule has 2 aromatic rings. The molecule has 0 spiro atoms. The van der Waals surface area contributed by atoms with Gasteiger partial charge in [-0.3, -0.25) is 9.69 Å². The molecule has 0 radical (unpaired) electrons. The normalized spacial score (nSPS) is 15.3. The first-order chi connectivity index (χ1) is 14.9. The SMILES string of the molecule is CCC(CC)NS(=O)(=O)c1ccc(N2CCN(CC(=O)Nc3ccccc3)CC2)nc1. The van der Waals surface area contributed by atoms with Crippen LogP contribution < -0.4 is 14.9 Å². The minimum atomic E-state index is -3.56. The summed E-state index contributed by atoms with van der Waals surface area (Å²) in [4.78, 5) is 21.0. The lowest BCUT2D eigenvalue weighted by atomic mass is 10.2. The highest BCUT2D eigenvalue weighted by molar-refractivity contribution is 7.89. The number of benzene rings is 1. The second-order valence-corrected chi connectivity index (χ2v) is 9.38. The van der Waals surface area contributed by atoms with E-state index in [1.807, 2.05) is 44.2 Å². The van der Waals surface area contributed by atoms with E-state index < -0.39 is 10.0 Å². The van der Waals surface area contributed by atoms with Crippen LogP contribution in [0.2, 0.25) is 0 Å². The molecule has 1 amide bonds. The van der Waals surface area contributed by atoms with Gasteiger partial charge in [0.1, 0.15) is 10.7 Å². The van der Waals surface area contributed by atoms with Crippen LogP contribution >= 0.6 is 0 Å². The maximum atomic E-state index is 12.5. The van der Waals surface area contributed by atoms with E-state index >= 15 is 0 Å². The Morgan fingerprint density at radius 1 is 1.03 bits per heavy atom. The van der Waals surface area contributed by atoms with E-state index in [-0.39, 0.29) is 16.8 Å². The zero-order valence-electron chi connectivity index (χ0n) is 18.1. The summed E-state index contributed by atoms with van der Waals surface area (Å²) >= 11 is 0. The Hall–Kier alpha value is -2.49. The van der Waals surface area contributed by atoms with E-state index in [0.717, 1.165) is 50.5 Å². The van der Waals surface area contributed by atoms with Crippen molar-refractivity contribution in [1.29, 1.82) is 0 Å². The highest BCUT2D eigenvalue weighted by Crippen LogP contribution is 2.17. The molecule has 2 N–H and O–H groups in total. The molecule has 1 aliphatic rings. The summed E-state index contributed by atoms with van der Waals surface area (Å²) in [5, 5.41) is 2.90. The molecule has 0 saturated carbocycles. The lowest BCUT2D eigenvalue weighted by Gasteiger charge is -2.35. The molecular weight excluding hydrogens is 414 g/mol. The zero-order chi connectivity index (χ0) is 22.3. The number of nitrogens with zero attached hydrogens (tertiary/aromatic N) is 3. The van der Waals surface area contributed by atoms with Gasteiger partial charge < -0.3 is 10.2 Å². The first-order valence-electron chi connectivity index (χ1n) is 10.7. The molecule has 1 aliphatic heterocycles. The van der Waals surface area contributed by atoms with Gasteiger partial charge in [-0.15, -0.1) is 0 Å². The topological polar surface area (TPSA) is 94.6 Å². The molecule has 1 aromatic heterocycles. The third-order valence-electron chi connectivity index (χ3n) is 5.46. The molecule has 1 aromatic carbocycles. The summed E-state index contributed by atoms with van der Waals surface area (Å²) in [7, 11) is -3.56. The Morgan fingerprint density at radius 2 is 1.71 bits per heavy atom. The Morgan fingerprint density at radius 3 is 2.29 bits per heavy atom. The zero-order valence-corrected chi connectivity index (χ0v) is 18.9. The monoisotopic (exact) mass is 445 g/mol. The average molecular weight is 446 g/mol. The number of hydrogen-bond acceptors (Lipinski definition) is 6. The molecule has 31 heavy (non-hydrogen) atoms. The number of nitrogens with one attached hydrogen (secondary N) is 2. The Bertz CT molecular complexity index is 939. The van der Waals surface area contributed by atoms with Gasteiger partial charge in [0, 0.05) is 44.1 Å². The standard InChI is InChI=1S/C22H31N5O3S/c1-3-18(4-2)25-31(29,30)20-10-11-21(23-16-20)27-14-12-26(13-15-27)17-22(28)24-19-8-6-5-7-9-19/h5-11,16,18,25H,3-4,12-15,17H2,1-2H3,(H,24,28). The van der Waals surface area contributed by atoms with Crippen molar-refractivity contribution in [3.63, 3.8) is 0 Å². The molecule has 2 heterocycles. The van der Waals surface area contributed by atoms with Crippen LogP contribution in [-0.2, 0) is 14.8 Å². The van der Waals surface area contributed by atoms with E-state index in [1.165, 1.54) is 6.20 Å². The molecule has 0 aliphatic carbocycles. The lowest BCUT2D eigenvalue weighted by molar-refractivity contribution is -0.117. The molecule has 1 fully saturated rings. The van der Waals surface area contributed by atoms with Gasteiger partial charge in [-0.2, -0.15) is 0 Å². The van der Waals surface area contributed by atoms with E-state index in [9.17, 15) is 13.2 Å². The second kappa shape index (κ2) is 10.7. The number of sulfonamides is 1. The van der Waals surface area contributed by atoms with Crippen molar-refractivity contribution < 1.29 is 13.2 Å². The maximum Gasteiger partial charge on any atom is 0.242 e. The van der Waals surface area contributed by atoms with E-state index in [4.69, 9.17) is 0 Å². The largest absolute Gasteiger partial charge is 0.354 e. The predicted octanol–water partition coefficient (Wildman–Crippen LogP) is 2.31. The van der Waals surface area contributed by atoms with Gasteiger partial charge in [0.05, 0.1) is 6.54 Å². The van der Waals surface area contributed by atoms with Gasteiger partial charge in [-0.1, -0.05) is 32.0 Å². The van der Waals surface area contributed by atoms with Crippen molar-refractivity contribution in [2.45, 2.75) is 37.6 Å². The number of anilines is 2. The maximum absolute atomic E-state index is 12.5. The highest BCUT2D eigenvalue weighted by Gasteiger charge is 2.22. The third-order valence-corrected chi connectivity index (χ3v) is 6.97. The molecule has 3 rings (SSSR count). The van der Waals surface area contributed by atoms with Crippen molar-refractivity contribution in [2.24, 2.45) is 0 Å². The fraction of sp³-hybridized carbons (Fsp3) is 0.455. The number of carbonyl (C=O) groups excluding carboxylic acids is 1. The summed E-state index contributed by atoms with van der Waals surface area (Å²) < 4.78 is 27.8. The summed E-state index contributed by atoms with van der Waals surface area (Å²) in [5.74, 6) is 0.715. The number of pyridine rings is 1. The number of amides is 1. The van der Waals surface area contributed by atoms with Crippen molar-refractivity contribution in [3.05, 3.63) is 48.7 Å².